The molecule has 1 atom stereocenters. The van der Waals surface area contributed by atoms with Crippen LogP contribution in [0.3, 0.4) is 0 Å². The first-order valence-corrected chi connectivity index (χ1v) is 7.95. The Hall–Kier alpha value is -1.92. The average molecular weight is 339 g/mol. The van der Waals surface area contributed by atoms with Gasteiger partial charge in [0.05, 0.1) is 0 Å². The molecule has 0 saturated carbocycles. The fourth-order valence-electron chi connectivity index (χ4n) is 1.81. The quantitative estimate of drug-likeness (QED) is 0.845. The Kier molecular flexibility index (Phi) is 5.51. The molecule has 0 aliphatic heterocycles. The number of hydrogen-bond acceptors (Lipinski definition) is 4. The smallest absolute Gasteiger partial charge is 0.303 e. The largest absolute Gasteiger partial charge is 0.481 e. The number of carboxylic acids is 1. The van der Waals surface area contributed by atoms with E-state index in [1.807, 2.05) is 12.1 Å². The van der Waals surface area contributed by atoms with Crippen molar-refractivity contribution in [3.05, 3.63) is 40.4 Å². The molecule has 2 N–H and O–H groups in total. The normalized spacial score (nSPS) is 11.9. The molecule has 116 valence electrons. The predicted octanol–water partition coefficient (Wildman–Crippen LogP) is 3.45. The van der Waals surface area contributed by atoms with Gasteiger partial charge in [0.15, 0.2) is 0 Å². The molecule has 1 aromatic heterocycles. The first-order chi connectivity index (χ1) is 10.5. The van der Waals surface area contributed by atoms with Gasteiger partial charge in [-0.05, 0) is 25.5 Å². The molecule has 1 amide bonds. The third-order valence-electron chi connectivity index (χ3n) is 3.00. The third-order valence-corrected chi connectivity index (χ3v) is 4.14. The molecule has 0 spiro atoms. The van der Waals surface area contributed by atoms with Crippen LogP contribution in [0.25, 0.3) is 10.6 Å². The maximum atomic E-state index is 12.1. The molecule has 0 fully saturated rings. The minimum Gasteiger partial charge on any atom is -0.481 e. The maximum Gasteiger partial charge on any atom is 0.303 e. The Bertz CT molecular complexity index is 670. The number of carbonyl (C=O) groups excluding carboxylic acids is 1. The van der Waals surface area contributed by atoms with Crippen LogP contribution in [0.15, 0.2) is 29.6 Å². The summed E-state index contributed by atoms with van der Waals surface area (Å²) in [5.74, 6) is -1.17. The van der Waals surface area contributed by atoms with Gasteiger partial charge in [0.25, 0.3) is 5.91 Å². The Morgan fingerprint density at radius 2 is 2.05 bits per heavy atom. The molecule has 1 heterocycles. The number of rotatable bonds is 6. The van der Waals surface area contributed by atoms with Gasteiger partial charge in [-0.25, -0.2) is 4.98 Å². The lowest BCUT2D eigenvalue weighted by Crippen LogP contribution is -2.33. The molecule has 2 aromatic rings. The number of aromatic nitrogens is 1. The van der Waals surface area contributed by atoms with Crippen molar-refractivity contribution in [2.75, 3.05) is 0 Å². The number of amides is 1. The summed E-state index contributed by atoms with van der Waals surface area (Å²) in [6.07, 6.45) is 0.407. The number of nitrogens with one attached hydrogen (secondary N) is 1. The zero-order chi connectivity index (χ0) is 16.1. The lowest BCUT2D eigenvalue weighted by atomic mass is 10.2. The minimum absolute atomic E-state index is 0.0224. The average Bonchev–Trinajstić information content (AvgIpc) is 2.96. The number of thiazole rings is 1. The summed E-state index contributed by atoms with van der Waals surface area (Å²) < 4.78 is 0. The summed E-state index contributed by atoms with van der Waals surface area (Å²) in [6, 6.07) is 7.01. The topological polar surface area (TPSA) is 79.3 Å². The predicted molar refractivity (Wildman–Crippen MR) is 86.4 cm³/mol. The monoisotopic (exact) mass is 338 g/mol. The van der Waals surface area contributed by atoms with E-state index in [-0.39, 0.29) is 18.4 Å². The number of carbonyl (C=O) groups is 2. The van der Waals surface area contributed by atoms with Crippen molar-refractivity contribution in [3.8, 4) is 10.6 Å². The molecule has 2 rings (SSSR count). The molecule has 0 bridgehead atoms. The van der Waals surface area contributed by atoms with E-state index in [4.69, 9.17) is 16.7 Å². The second-order valence-corrected chi connectivity index (χ2v) is 6.15. The van der Waals surface area contributed by atoms with E-state index in [0.717, 1.165) is 10.6 Å². The maximum absolute atomic E-state index is 12.1. The van der Waals surface area contributed by atoms with Crippen LogP contribution in [0.1, 0.15) is 30.3 Å². The van der Waals surface area contributed by atoms with E-state index in [1.165, 1.54) is 11.3 Å². The summed E-state index contributed by atoms with van der Waals surface area (Å²) in [4.78, 5) is 26.9. The highest BCUT2D eigenvalue weighted by molar-refractivity contribution is 7.13. The van der Waals surface area contributed by atoms with Crippen molar-refractivity contribution in [2.45, 2.75) is 25.8 Å². The fourth-order valence-corrected chi connectivity index (χ4v) is 2.75. The fraction of sp³-hybridized carbons (Fsp3) is 0.267. The van der Waals surface area contributed by atoms with Crippen LogP contribution in [0.5, 0.6) is 0 Å². The van der Waals surface area contributed by atoms with Crippen molar-refractivity contribution in [1.29, 1.82) is 0 Å². The van der Waals surface area contributed by atoms with Crippen LogP contribution in [-0.2, 0) is 4.79 Å². The van der Waals surface area contributed by atoms with Gasteiger partial charge in [-0.2, -0.15) is 0 Å². The van der Waals surface area contributed by atoms with Gasteiger partial charge < -0.3 is 10.4 Å². The molecule has 0 aliphatic rings. The number of hydrogen-bond donors (Lipinski definition) is 2. The summed E-state index contributed by atoms with van der Waals surface area (Å²) in [7, 11) is 0. The molecule has 0 saturated heterocycles. The van der Waals surface area contributed by atoms with Gasteiger partial charge >= 0.3 is 5.97 Å². The Balaban J connectivity index is 2.00. The van der Waals surface area contributed by atoms with Crippen LogP contribution in [0.4, 0.5) is 0 Å². The standard InChI is InChI=1S/C15H15ClN2O3S/c1-9(2-7-13(19)20)17-14(21)12-8-22-15(18-12)10-3-5-11(16)6-4-10/h3-6,8-9H,2,7H2,1H3,(H,17,21)(H,19,20). The summed E-state index contributed by atoms with van der Waals surface area (Å²) in [5, 5.41) is 14.4. The second-order valence-electron chi connectivity index (χ2n) is 4.85. The molecular formula is C15H15ClN2O3S. The van der Waals surface area contributed by atoms with E-state index in [1.54, 1.807) is 24.4 Å². The SMILES string of the molecule is CC(CCC(=O)O)NC(=O)c1csc(-c2ccc(Cl)cc2)n1. The van der Waals surface area contributed by atoms with E-state index < -0.39 is 5.97 Å². The van der Waals surface area contributed by atoms with E-state index in [0.29, 0.717) is 17.1 Å². The van der Waals surface area contributed by atoms with Crippen LogP contribution in [-0.4, -0.2) is 28.0 Å². The van der Waals surface area contributed by atoms with Crippen LogP contribution in [0, 0.1) is 0 Å². The van der Waals surface area contributed by atoms with E-state index in [2.05, 4.69) is 10.3 Å². The van der Waals surface area contributed by atoms with Gasteiger partial charge in [0.2, 0.25) is 0 Å². The molecule has 0 aliphatic carbocycles. The van der Waals surface area contributed by atoms with Gasteiger partial charge in [0.1, 0.15) is 10.7 Å². The highest BCUT2D eigenvalue weighted by Crippen LogP contribution is 2.25. The molecule has 1 aromatic carbocycles. The zero-order valence-corrected chi connectivity index (χ0v) is 13.4. The van der Waals surface area contributed by atoms with Crippen molar-refractivity contribution in [3.63, 3.8) is 0 Å². The lowest BCUT2D eigenvalue weighted by Gasteiger charge is -2.11. The van der Waals surface area contributed by atoms with E-state index in [9.17, 15) is 9.59 Å². The lowest BCUT2D eigenvalue weighted by molar-refractivity contribution is -0.137. The van der Waals surface area contributed by atoms with Gasteiger partial charge in [-0.1, -0.05) is 23.7 Å². The number of nitrogens with zero attached hydrogens (tertiary/aromatic N) is 1. The second kappa shape index (κ2) is 7.38. The molecule has 22 heavy (non-hydrogen) atoms. The van der Waals surface area contributed by atoms with Gasteiger partial charge in [-0.3, -0.25) is 9.59 Å². The highest BCUT2D eigenvalue weighted by Gasteiger charge is 2.14. The number of benzene rings is 1. The van der Waals surface area contributed by atoms with Crippen molar-refractivity contribution in [2.24, 2.45) is 0 Å². The van der Waals surface area contributed by atoms with Gasteiger partial charge in [-0.15, -0.1) is 11.3 Å². The zero-order valence-electron chi connectivity index (χ0n) is 11.9. The molecular weight excluding hydrogens is 324 g/mol. The van der Waals surface area contributed by atoms with Crippen LogP contribution < -0.4 is 5.32 Å². The summed E-state index contributed by atoms with van der Waals surface area (Å²) in [5.41, 5.74) is 1.23. The molecule has 1 unspecified atom stereocenters. The number of halogens is 1. The Labute approximate surface area is 137 Å². The Morgan fingerprint density at radius 3 is 2.68 bits per heavy atom. The first-order valence-electron chi connectivity index (χ1n) is 6.70. The first kappa shape index (κ1) is 16.5. The minimum atomic E-state index is -0.875. The van der Waals surface area contributed by atoms with Crippen LogP contribution in [0.2, 0.25) is 5.02 Å². The van der Waals surface area contributed by atoms with Gasteiger partial charge in [0, 0.05) is 28.4 Å². The number of aliphatic carboxylic acids is 1. The van der Waals surface area contributed by atoms with Crippen LogP contribution >= 0.6 is 22.9 Å². The third kappa shape index (κ3) is 4.54. The highest BCUT2D eigenvalue weighted by atomic mass is 35.5. The Morgan fingerprint density at radius 1 is 1.36 bits per heavy atom. The molecule has 0 radical (unpaired) electrons. The van der Waals surface area contributed by atoms with Crippen molar-refractivity contribution >= 4 is 34.8 Å². The van der Waals surface area contributed by atoms with E-state index >= 15 is 0 Å². The number of carboxylic acid groups (broad SMARTS) is 1. The van der Waals surface area contributed by atoms with Crippen molar-refractivity contribution in [1.82, 2.24) is 10.3 Å². The molecule has 5 nitrogen and oxygen atoms in total. The summed E-state index contributed by atoms with van der Waals surface area (Å²) >= 11 is 7.21. The molecule has 7 heteroatoms. The van der Waals surface area contributed by atoms with Crippen molar-refractivity contribution < 1.29 is 14.7 Å². The summed E-state index contributed by atoms with van der Waals surface area (Å²) in [6.45, 7) is 1.77.